The van der Waals surface area contributed by atoms with Crippen LogP contribution in [0.25, 0.3) is 11.5 Å². The molecule has 0 aliphatic carbocycles. The average Bonchev–Trinajstić information content (AvgIpc) is 3.16. The number of hydrogen-bond acceptors (Lipinski definition) is 5. The van der Waals surface area contributed by atoms with Crippen molar-refractivity contribution in [2.75, 3.05) is 13.1 Å². The Bertz CT molecular complexity index is 846. The maximum Gasteiger partial charge on any atom is 0.247 e. The largest absolute Gasteiger partial charge is 0.419 e. The van der Waals surface area contributed by atoms with E-state index in [1.54, 1.807) is 0 Å². The van der Waals surface area contributed by atoms with Gasteiger partial charge >= 0.3 is 0 Å². The number of fused-ring (bicyclic) bond motifs is 1. The quantitative estimate of drug-likeness (QED) is 0.741. The summed E-state index contributed by atoms with van der Waals surface area (Å²) in [5, 5.41) is 11.8. The number of nitrogens with zero attached hydrogens (tertiary/aromatic N) is 3. The molecule has 134 valence electrons. The molecule has 0 amide bonds. The predicted molar refractivity (Wildman–Crippen MR) is 101 cm³/mol. The monoisotopic (exact) mass is 348 g/mol. The molecule has 0 bridgehead atoms. The van der Waals surface area contributed by atoms with Gasteiger partial charge in [0.1, 0.15) is 0 Å². The van der Waals surface area contributed by atoms with Crippen molar-refractivity contribution in [1.82, 2.24) is 20.4 Å². The summed E-state index contributed by atoms with van der Waals surface area (Å²) in [7, 11) is 0. The topological polar surface area (TPSA) is 54.2 Å². The Morgan fingerprint density at radius 2 is 1.81 bits per heavy atom. The summed E-state index contributed by atoms with van der Waals surface area (Å²) in [6.45, 7) is 5.94. The molecule has 1 N–H and O–H groups in total. The second-order valence-electron chi connectivity index (χ2n) is 6.90. The highest BCUT2D eigenvalue weighted by Gasteiger charge is 2.18. The van der Waals surface area contributed by atoms with Crippen molar-refractivity contribution in [3.8, 4) is 11.5 Å². The molecule has 1 aliphatic heterocycles. The Kier molecular flexibility index (Phi) is 5.09. The Balaban J connectivity index is 1.28. The van der Waals surface area contributed by atoms with E-state index in [1.165, 1.54) is 11.1 Å². The van der Waals surface area contributed by atoms with Crippen molar-refractivity contribution in [3.05, 3.63) is 71.6 Å². The minimum absolute atomic E-state index is 0.354. The van der Waals surface area contributed by atoms with Gasteiger partial charge in [0.05, 0.1) is 6.54 Å². The van der Waals surface area contributed by atoms with E-state index >= 15 is 0 Å². The van der Waals surface area contributed by atoms with Gasteiger partial charge in [-0.15, -0.1) is 10.2 Å². The molecule has 1 atom stereocenters. The highest BCUT2D eigenvalue weighted by Crippen LogP contribution is 2.19. The molecule has 1 aliphatic rings. The first-order valence-corrected chi connectivity index (χ1v) is 9.18. The highest BCUT2D eigenvalue weighted by molar-refractivity contribution is 5.51. The lowest BCUT2D eigenvalue weighted by Gasteiger charge is -2.31. The highest BCUT2D eigenvalue weighted by atomic mass is 16.4. The first-order valence-electron chi connectivity index (χ1n) is 9.18. The van der Waals surface area contributed by atoms with Crippen LogP contribution >= 0.6 is 0 Å². The van der Waals surface area contributed by atoms with E-state index in [2.05, 4.69) is 51.6 Å². The lowest BCUT2D eigenvalue weighted by molar-refractivity contribution is 0.227. The van der Waals surface area contributed by atoms with E-state index in [4.69, 9.17) is 4.42 Å². The summed E-state index contributed by atoms with van der Waals surface area (Å²) in [5.41, 5.74) is 3.89. The maximum atomic E-state index is 5.76. The summed E-state index contributed by atoms with van der Waals surface area (Å²) in [5.74, 6) is 1.20. The number of nitrogens with one attached hydrogen (secondary N) is 1. The van der Waals surface area contributed by atoms with Crippen LogP contribution in [-0.4, -0.2) is 34.2 Å². The van der Waals surface area contributed by atoms with Crippen LogP contribution < -0.4 is 5.32 Å². The van der Waals surface area contributed by atoms with E-state index in [9.17, 15) is 0 Å². The number of hydrogen-bond donors (Lipinski definition) is 1. The molecule has 5 nitrogen and oxygen atoms in total. The van der Waals surface area contributed by atoms with Crippen LogP contribution in [0.2, 0.25) is 0 Å². The van der Waals surface area contributed by atoms with Crippen LogP contribution in [0.5, 0.6) is 0 Å². The molecule has 4 rings (SSSR count). The molecule has 26 heavy (non-hydrogen) atoms. The zero-order chi connectivity index (χ0) is 17.8. The molecule has 3 aromatic rings. The van der Waals surface area contributed by atoms with Gasteiger partial charge in [-0.1, -0.05) is 42.5 Å². The fraction of sp³-hybridized carbons (Fsp3) is 0.333. The number of aromatic nitrogens is 2. The molecule has 1 aromatic heterocycles. The van der Waals surface area contributed by atoms with Crippen LogP contribution in [0.3, 0.4) is 0 Å². The molecule has 0 radical (unpaired) electrons. The SMILES string of the molecule is C[C@@H](CN1CCc2ccccc2C1)NCc1nnc(-c2ccccc2)o1. The average molecular weight is 348 g/mol. The van der Waals surface area contributed by atoms with E-state index in [0.717, 1.165) is 31.6 Å². The van der Waals surface area contributed by atoms with Gasteiger partial charge in [-0.05, 0) is 36.6 Å². The lowest BCUT2D eigenvalue weighted by Crippen LogP contribution is -2.41. The normalized spacial score (nSPS) is 15.6. The third kappa shape index (κ3) is 4.00. The summed E-state index contributed by atoms with van der Waals surface area (Å²) in [6.07, 6.45) is 1.13. The number of benzene rings is 2. The smallest absolute Gasteiger partial charge is 0.247 e. The van der Waals surface area contributed by atoms with Gasteiger partial charge < -0.3 is 9.73 Å². The van der Waals surface area contributed by atoms with Crippen LogP contribution in [0.4, 0.5) is 0 Å². The molecule has 0 fully saturated rings. The first-order chi connectivity index (χ1) is 12.8. The molecule has 0 saturated carbocycles. The first kappa shape index (κ1) is 16.9. The fourth-order valence-electron chi connectivity index (χ4n) is 3.45. The van der Waals surface area contributed by atoms with Crippen molar-refractivity contribution in [1.29, 1.82) is 0 Å². The lowest BCUT2D eigenvalue weighted by atomic mass is 10.00. The number of rotatable bonds is 6. The van der Waals surface area contributed by atoms with Crippen LogP contribution in [0.1, 0.15) is 23.9 Å². The minimum atomic E-state index is 0.354. The van der Waals surface area contributed by atoms with Crippen molar-refractivity contribution >= 4 is 0 Å². The summed E-state index contributed by atoms with van der Waals surface area (Å²) < 4.78 is 5.76. The van der Waals surface area contributed by atoms with Crippen LogP contribution in [0, 0.1) is 0 Å². The van der Waals surface area contributed by atoms with Gasteiger partial charge in [-0.3, -0.25) is 4.90 Å². The summed E-state index contributed by atoms with van der Waals surface area (Å²) in [4.78, 5) is 2.50. The van der Waals surface area contributed by atoms with Crippen molar-refractivity contribution in [2.45, 2.75) is 32.5 Å². The van der Waals surface area contributed by atoms with Crippen LogP contribution in [-0.2, 0) is 19.5 Å². The fourth-order valence-corrected chi connectivity index (χ4v) is 3.45. The van der Waals surface area contributed by atoms with Gasteiger partial charge in [-0.2, -0.15) is 0 Å². The summed E-state index contributed by atoms with van der Waals surface area (Å²) in [6, 6.07) is 19.0. The van der Waals surface area contributed by atoms with E-state index < -0.39 is 0 Å². The Morgan fingerprint density at radius 3 is 2.65 bits per heavy atom. The van der Waals surface area contributed by atoms with Gasteiger partial charge in [0.25, 0.3) is 0 Å². The second-order valence-corrected chi connectivity index (χ2v) is 6.90. The third-order valence-electron chi connectivity index (χ3n) is 4.83. The Morgan fingerprint density at radius 1 is 1.04 bits per heavy atom. The molecule has 0 saturated heterocycles. The van der Waals surface area contributed by atoms with E-state index in [1.807, 2.05) is 30.3 Å². The third-order valence-corrected chi connectivity index (χ3v) is 4.83. The molecule has 5 heteroatoms. The standard InChI is InChI=1S/C21H24N4O/c1-16(14-25-12-11-17-7-5-6-10-19(17)15-25)22-13-20-23-24-21(26-20)18-8-3-2-4-9-18/h2-10,16,22H,11-15H2,1H3/t16-/m0/s1. The molecule has 0 unspecified atom stereocenters. The van der Waals surface area contributed by atoms with Crippen LogP contribution in [0.15, 0.2) is 59.0 Å². The maximum absolute atomic E-state index is 5.76. The molecular weight excluding hydrogens is 324 g/mol. The van der Waals surface area contributed by atoms with Crippen molar-refractivity contribution < 1.29 is 4.42 Å². The van der Waals surface area contributed by atoms with Gasteiger partial charge in [0.2, 0.25) is 11.8 Å². The summed E-state index contributed by atoms with van der Waals surface area (Å²) >= 11 is 0. The molecular formula is C21H24N4O. The molecule has 2 aromatic carbocycles. The predicted octanol–water partition coefficient (Wildman–Crippen LogP) is 3.27. The zero-order valence-electron chi connectivity index (χ0n) is 15.1. The molecule has 2 heterocycles. The van der Waals surface area contributed by atoms with Crippen molar-refractivity contribution in [2.24, 2.45) is 0 Å². The van der Waals surface area contributed by atoms with E-state index in [-0.39, 0.29) is 0 Å². The Labute approximate surface area is 154 Å². The van der Waals surface area contributed by atoms with Gasteiger partial charge in [0, 0.05) is 31.2 Å². The zero-order valence-corrected chi connectivity index (χ0v) is 15.1. The second kappa shape index (κ2) is 7.81. The van der Waals surface area contributed by atoms with Crippen molar-refractivity contribution in [3.63, 3.8) is 0 Å². The Hall–Kier alpha value is -2.50. The van der Waals surface area contributed by atoms with Gasteiger partial charge in [-0.25, -0.2) is 0 Å². The molecule has 0 spiro atoms. The minimum Gasteiger partial charge on any atom is -0.419 e. The van der Waals surface area contributed by atoms with Gasteiger partial charge in [0.15, 0.2) is 0 Å². The van der Waals surface area contributed by atoms with E-state index in [0.29, 0.717) is 24.4 Å².